The Morgan fingerprint density at radius 3 is 2.43 bits per heavy atom. The molecule has 0 aromatic carbocycles. The second-order valence-corrected chi connectivity index (χ2v) is 4.38. The van der Waals surface area contributed by atoms with E-state index < -0.39 is 0 Å². The van der Waals surface area contributed by atoms with Gasteiger partial charge in [-0.15, -0.1) is 0 Å². The first-order valence-electron chi connectivity index (χ1n) is 5.37. The van der Waals surface area contributed by atoms with Crippen LogP contribution in [0.15, 0.2) is 0 Å². The Balaban J connectivity index is 2.28. The third-order valence-corrected chi connectivity index (χ3v) is 3.68. The Labute approximate surface area is 85.3 Å². The number of aromatic nitrogens is 2. The first kappa shape index (κ1) is 9.71. The Morgan fingerprint density at radius 1 is 1.36 bits per heavy atom. The highest BCUT2D eigenvalue weighted by molar-refractivity contribution is 5.23. The van der Waals surface area contributed by atoms with E-state index in [1.165, 1.54) is 24.1 Å². The van der Waals surface area contributed by atoms with Crippen LogP contribution in [-0.4, -0.2) is 16.3 Å². The molecule has 14 heavy (non-hydrogen) atoms. The van der Waals surface area contributed by atoms with Gasteiger partial charge in [0.15, 0.2) is 0 Å². The number of hydrogen-bond donors (Lipinski definition) is 1. The molecule has 1 aromatic rings. The van der Waals surface area contributed by atoms with Gasteiger partial charge in [0.05, 0.1) is 11.7 Å². The quantitative estimate of drug-likeness (QED) is 0.777. The molecule has 0 aliphatic heterocycles. The smallest absolute Gasteiger partial charge is 0.0625 e. The van der Waals surface area contributed by atoms with Crippen molar-refractivity contribution in [3.8, 4) is 0 Å². The zero-order chi connectivity index (χ0) is 10.3. The molecule has 0 bridgehead atoms. The highest BCUT2D eigenvalue weighted by atomic mass is 15.3. The van der Waals surface area contributed by atoms with Crippen molar-refractivity contribution in [3.63, 3.8) is 0 Å². The predicted octanol–water partition coefficient (Wildman–Crippen LogP) is 1.72. The van der Waals surface area contributed by atoms with Crippen molar-refractivity contribution >= 4 is 0 Å². The minimum Gasteiger partial charge on any atom is -0.330 e. The highest BCUT2D eigenvalue weighted by Crippen LogP contribution is 2.38. The van der Waals surface area contributed by atoms with E-state index in [0.717, 1.165) is 12.2 Å². The van der Waals surface area contributed by atoms with E-state index in [1.54, 1.807) is 0 Å². The maximum atomic E-state index is 5.72. The summed E-state index contributed by atoms with van der Waals surface area (Å²) in [4.78, 5) is 0. The molecule has 0 saturated heterocycles. The summed E-state index contributed by atoms with van der Waals surface area (Å²) in [5, 5.41) is 4.59. The monoisotopic (exact) mass is 193 g/mol. The molecule has 1 heterocycles. The van der Waals surface area contributed by atoms with Crippen LogP contribution in [0.4, 0.5) is 0 Å². The van der Waals surface area contributed by atoms with Crippen molar-refractivity contribution in [2.45, 2.75) is 39.7 Å². The van der Waals surface area contributed by atoms with Crippen molar-refractivity contribution < 1.29 is 0 Å². The minimum atomic E-state index is 0.562. The highest BCUT2D eigenvalue weighted by Gasteiger charge is 2.32. The standard InChI is InChI=1S/C11H19N3/c1-7-8(2)13-14(9(7)3)11-5-4-10(11)6-12/h10-11H,4-6,12H2,1-3H3. The molecule has 2 atom stereocenters. The summed E-state index contributed by atoms with van der Waals surface area (Å²) >= 11 is 0. The summed E-state index contributed by atoms with van der Waals surface area (Å²) in [6.45, 7) is 7.17. The van der Waals surface area contributed by atoms with Crippen LogP contribution in [0.3, 0.4) is 0 Å². The van der Waals surface area contributed by atoms with Crippen LogP contribution in [0.2, 0.25) is 0 Å². The lowest BCUT2D eigenvalue weighted by atomic mass is 9.79. The molecule has 0 amide bonds. The van der Waals surface area contributed by atoms with Gasteiger partial charge in [0.1, 0.15) is 0 Å². The molecule has 1 aliphatic carbocycles. The normalized spacial score (nSPS) is 26.3. The summed E-state index contributed by atoms with van der Waals surface area (Å²) in [7, 11) is 0. The third-order valence-electron chi connectivity index (χ3n) is 3.68. The van der Waals surface area contributed by atoms with E-state index in [2.05, 4.69) is 30.6 Å². The van der Waals surface area contributed by atoms with Gasteiger partial charge in [-0.25, -0.2) is 0 Å². The van der Waals surface area contributed by atoms with Crippen LogP contribution in [0, 0.1) is 26.7 Å². The maximum Gasteiger partial charge on any atom is 0.0625 e. The second kappa shape index (κ2) is 3.39. The fraction of sp³-hybridized carbons (Fsp3) is 0.727. The van der Waals surface area contributed by atoms with Gasteiger partial charge in [-0.2, -0.15) is 5.10 Å². The lowest BCUT2D eigenvalue weighted by molar-refractivity contribution is 0.171. The Hall–Kier alpha value is -0.830. The molecule has 3 heteroatoms. The first-order valence-corrected chi connectivity index (χ1v) is 5.37. The van der Waals surface area contributed by atoms with E-state index in [-0.39, 0.29) is 0 Å². The van der Waals surface area contributed by atoms with Crippen LogP contribution >= 0.6 is 0 Å². The molecule has 0 spiro atoms. The van der Waals surface area contributed by atoms with Crippen molar-refractivity contribution in [1.82, 2.24) is 9.78 Å². The van der Waals surface area contributed by atoms with Gasteiger partial charge in [0.2, 0.25) is 0 Å². The number of nitrogens with zero attached hydrogens (tertiary/aromatic N) is 2. The van der Waals surface area contributed by atoms with E-state index in [4.69, 9.17) is 5.73 Å². The summed E-state index contributed by atoms with van der Waals surface area (Å²) in [5.74, 6) is 0.646. The molecular formula is C11H19N3. The number of aryl methyl sites for hydroxylation is 1. The van der Waals surface area contributed by atoms with Gasteiger partial charge in [0, 0.05) is 5.69 Å². The second-order valence-electron chi connectivity index (χ2n) is 4.38. The fourth-order valence-corrected chi connectivity index (χ4v) is 2.22. The van der Waals surface area contributed by atoms with Crippen LogP contribution < -0.4 is 5.73 Å². The molecule has 1 fully saturated rings. The summed E-state index contributed by atoms with van der Waals surface area (Å²) < 4.78 is 2.19. The number of nitrogens with two attached hydrogens (primary N) is 1. The van der Waals surface area contributed by atoms with E-state index in [9.17, 15) is 0 Å². The fourth-order valence-electron chi connectivity index (χ4n) is 2.22. The predicted molar refractivity (Wildman–Crippen MR) is 57.3 cm³/mol. The molecular weight excluding hydrogens is 174 g/mol. The minimum absolute atomic E-state index is 0.562. The van der Waals surface area contributed by atoms with Gasteiger partial charge < -0.3 is 5.73 Å². The molecule has 1 saturated carbocycles. The molecule has 78 valence electrons. The largest absolute Gasteiger partial charge is 0.330 e. The SMILES string of the molecule is Cc1nn(C2CCC2CN)c(C)c1C. The van der Waals surface area contributed by atoms with Crippen LogP contribution in [0.1, 0.15) is 35.8 Å². The van der Waals surface area contributed by atoms with E-state index in [0.29, 0.717) is 12.0 Å². The lowest BCUT2D eigenvalue weighted by Crippen LogP contribution is -2.35. The molecule has 2 rings (SSSR count). The van der Waals surface area contributed by atoms with Gasteiger partial charge in [-0.1, -0.05) is 0 Å². The van der Waals surface area contributed by atoms with Gasteiger partial charge in [-0.05, 0) is 51.6 Å². The van der Waals surface area contributed by atoms with Crippen LogP contribution in [0.25, 0.3) is 0 Å². The topological polar surface area (TPSA) is 43.8 Å². The van der Waals surface area contributed by atoms with Crippen molar-refractivity contribution in [2.75, 3.05) is 6.54 Å². The number of rotatable bonds is 2. The van der Waals surface area contributed by atoms with Crippen LogP contribution in [-0.2, 0) is 0 Å². The molecule has 1 aromatic heterocycles. The zero-order valence-corrected chi connectivity index (χ0v) is 9.25. The molecule has 2 N–H and O–H groups in total. The zero-order valence-electron chi connectivity index (χ0n) is 9.25. The van der Waals surface area contributed by atoms with Crippen LogP contribution in [0.5, 0.6) is 0 Å². The Kier molecular flexibility index (Phi) is 2.35. The van der Waals surface area contributed by atoms with E-state index >= 15 is 0 Å². The number of hydrogen-bond acceptors (Lipinski definition) is 2. The van der Waals surface area contributed by atoms with E-state index in [1.807, 2.05) is 0 Å². The van der Waals surface area contributed by atoms with Gasteiger partial charge in [0.25, 0.3) is 0 Å². The lowest BCUT2D eigenvalue weighted by Gasteiger charge is -2.36. The maximum absolute atomic E-state index is 5.72. The molecule has 2 unspecified atom stereocenters. The van der Waals surface area contributed by atoms with Gasteiger partial charge in [-0.3, -0.25) is 4.68 Å². The average molecular weight is 193 g/mol. The van der Waals surface area contributed by atoms with Crippen molar-refractivity contribution in [2.24, 2.45) is 11.7 Å². The average Bonchev–Trinajstić information content (AvgIpc) is 2.33. The summed E-state index contributed by atoms with van der Waals surface area (Å²) in [6.07, 6.45) is 2.50. The Morgan fingerprint density at radius 2 is 2.07 bits per heavy atom. The first-order chi connectivity index (χ1) is 6.65. The summed E-state index contributed by atoms with van der Waals surface area (Å²) in [5.41, 5.74) is 9.51. The Bertz CT molecular complexity index is 339. The van der Waals surface area contributed by atoms with Crippen molar-refractivity contribution in [1.29, 1.82) is 0 Å². The third kappa shape index (κ3) is 1.27. The molecule has 1 aliphatic rings. The van der Waals surface area contributed by atoms with Gasteiger partial charge >= 0.3 is 0 Å². The molecule has 0 radical (unpaired) electrons. The summed E-state index contributed by atoms with van der Waals surface area (Å²) in [6, 6.07) is 0.562. The molecule has 3 nitrogen and oxygen atoms in total. The van der Waals surface area contributed by atoms with Crippen molar-refractivity contribution in [3.05, 3.63) is 17.0 Å².